The number of likely N-dealkylation sites (N-methyl/N-ethyl adjacent to an activating group) is 1. The van der Waals surface area contributed by atoms with Crippen molar-refractivity contribution in [3.05, 3.63) is 17.8 Å². The lowest BCUT2D eigenvalue weighted by atomic mass is 9.98. The summed E-state index contributed by atoms with van der Waals surface area (Å²) in [6, 6.07) is 0. The van der Waals surface area contributed by atoms with Gasteiger partial charge in [0.15, 0.2) is 12.1 Å². The Morgan fingerprint density at radius 2 is 2.23 bits per heavy atom. The number of aromatic nitrogens is 1. The Labute approximate surface area is 127 Å². The van der Waals surface area contributed by atoms with Crippen LogP contribution in [0.3, 0.4) is 0 Å². The van der Waals surface area contributed by atoms with Gasteiger partial charge in [-0.05, 0) is 19.8 Å². The van der Waals surface area contributed by atoms with Crippen molar-refractivity contribution >= 4 is 17.8 Å². The molecule has 2 rings (SSSR count). The zero-order valence-corrected chi connectivity index (χ0v) is 12.6. The summed E-state index contributed by atoms with van der Waals surface area (Å²) >= 11 is 0. The third kappa shape index (κ3) is 3.44. The average molecular weight is 309 g/mol. The molecule has 0 aliphatic carbocycles. The van der Waals surface area contributed by atoms with E-state index in [9.17, 15) is 14.4 Å². The molecule has 8 heteroatoms. The van der Waals surface area contributed by atoms with Crippen LogP contribution in [0, 0.1) is 12.8 Å². The van der Waals surface area contributed by atoms with E-state index in [0.29, 0.717) is 25.1 Å². The number of amides is 2. The van der Waals surface area contributed by atoms with Crippen LogP contribution in [-0.4, -0.2) is 64.4 Å². The first-order valence-electron chi connectivity index (χ1n) is 7.06. The molecule has 2 heterocycles. The number of aryl methyl sites for hydroxylation is 1. The predicted octanol–water partition coefficient (Wildman–Crippen LogP) is 0.378. The first-order chi connectivity index (χ1) is 10.4. The number of oxazole rings is 1. The summed E-state index contributed by atoms with van der Waals surface area (Å²) in [5.74, 6) is -1.68. The monoisotopic (exact) mass is 309 g/mol. The van der Waals surface area contributed by atoms with E-state index in [0.717, 1.165) is 0 Å². The molecule has 1 aliphatic rings. The molecule has 22 heavy (non-hydrogen) atoms. The number of rotatable bonds is 4. The van der Waals surface area contributed by atoms with E-state index in [1.165, 1.54) is 23.2 Å². The molecule has 0 aromatic carbocycles. The van der Waals surface area contributed by atoms with Gasteiger partial charge in [0.1, 0.15) is 5.76 Å². The van der Waals surface area contributed by atoms with Gasteiger partial charge in [-0.1, -0.05) is 0 Å². The van der Waals surface area contributed by atoms with Crippen LogP contribution < -0.4 is 0 Å². The van der Waals surface area contributed by atoms with Crippen molar-refractivity contribution in [3.63, 3.8) is 0 Å². The van der Waals surface area contributed by atoms with E-state index in [1.54, 1.807) is 6.92 Å². The van der Waals surface area contributed by atoms with Crippen LogP contribution in [-0.2, 0) is 9.59 Å². The minimum absolute atomic E-state index is 0.114. The molecule has 1 fully saturated rings. The van der Waals surface area contributed by atoms with E-state index in [2.05, 4.69) is 4.98 Å². The van der Waals surface area contributed by atoms with E-state index in [1.807, 2.05) is 0 Å². The summed E-state index contributed by atoms with van der Waals surface area (Å²) in [5.41, 5.74) is 0.178. The van der Waals surface area contributed by atoms with Gasteiger partial charge in [0, 0.05) is 20.1 Å². The van der Waals surface area contributed by atoms with Crippen molar-refractivity contribution in [2.45, 2.75) is 19.8 Å². The fraction of sp³-hybridized carbons (Fsp3) is 0.571. The molecule has 1 aliphatic heterocycles. The Hall–Kier alpha value is -2.38. The summed E-state index contributed by atoms with van der Waals surface area (Å²) < 4.78 is 4.98. The number of nitrogens with zero attached hydrogens (tertiary/aromatic N) is 3. The minimum Gasteiger partial charge on any atom is -0.481 e. The molecule has 1 aromatic heterocycles. The second-order valence-electron chi connectivity index (χ2n) is 5.44. The van der Waals surface area contributed by atoms with Crippen molar-refractivity contribution in [1.82, 2.24) is 14.8 Å². The normalized spacial score (nSPS) is 18.1. The van der Waals surface area contributed by atoms with Crippen LogP contribution in [0.1, 0.15) is 29.1 Å². The molecule has 0 radical (unpaired) electrons. The number of aliphatic carboxylic acids is 1. The van der Waals surface area contributed by atoms with Gasteiger partial charge in [-0.15, -0.1) is 0 Å². The number of hydrogen-bond acceptors (Lipinski definition) is 5. The van der Waals surface area contributed by atoms with E-state index < -0.39 is 17.8 Å². The lowest BCUT2D eigenvalue weighted by Gasteiger charge is -2.31. The largest absolute Gasteiger partial charge is 0.481 e. The van der Waals surface area contributed by atoms with Gasteiger partial charge in [-0.3, -0.25) is 14.4 Å². The van der Waals surface area contributed by atoms with Gasteiger partial charge in [0.2, 0.25) is 5.91 Å². The van der Waals surface area contributed by atoms with Crippen LogP contribution in [0.2, 0.25) is 0 Å². The SMILES string of the molecule is Cc1ocnc1C(=O)N(C)CC(=O)N1CCCC(C(=O)O)C1. The topological polar surface area (TPSA) is 104 Å². The Morgan fingerprint density at radius 3 is 2.82 bits per heavy atom. The number of carbonyl (C=O) groups excluding carboxylic acids is 2. The fourth-order valence-corrected chi connectivity index (χ4v) is 2.47. The highest BCUT2D eigenvalue weighted by atomic mass is 16.4. The molecule has 2 amide bonds. The molecule has 1 saturated heterocycles. The van der Waals surface area contributed by atoms with E-state index in [4.69, 9.17) is 9.52 Å². The molecule has 1 atom stereocenters. The number of likely N-dealkylation sites (tertiary alicyclic amines) is 1. The van der Waals surface area contributed by atoms with Gasteiger partial charge < -0.3 is 19.3 Å². The highest BCUT2D eigenvalue weighted by Crippen LogP contribution is 2.17. The predicted molar refractivity (Wildman–Crippen MR) is 75.1 cm³/mol. The number of hydrogen-bond donors (Lipinski definition) is 1. The highest BCUT2D eigenvalue weighted by Gasteiger charge is 2.29. The summed E-state index contributed by atoms with van der Waals surface area (Å²) in [6.45, 7) is 2.22. The first kappa shape index (κ1) is 16.0. The maximum absolute atomic E-state index is 12.2. The number of carbonyl (C=O) groups is 3. The summed E-state index contributed by atoms with van der Waals surface area (Å²) in [5, 5.41) is 9.04. The first-order valence-corrected chi connectivity index (χ1v) is 7.06. The molecular formula is C14H19N3O5. The molecular weight excluding hydrogens is 290 g/mol. The lowest BCUT2D eigenvalue weighted by Crippen LogP contribution is -2.47. The molecule has 8 nitrogen and oxygen atoms in total. The summed E-state index contributed by atoms with van der Waals surface area (Å²) in [7, 11) is 1.51. The summed E-state index contributed by atoms with van der Waals surface area (Å²) in [4.78, 5) is 42.0. The maximum atomic E-state index is 12.2. The zero-order valence-electron chi connectivity index (χ0n) is 12.6. The summed E-state index contributed by atoms with van der Waals surface area (Å²) in [6.07, 6.45) is 2.41. The molecule has 0 bridgehead atoms. The number of piperidine rings is 1. The standard InChI is InChI=1S/C14H19N3O5/c1-9-12(15-8-22-9)13(19)16(2)7-11(18)17-5-3-4-10(6-17)14(20)21/h8,10H,3-7H2,1-2H3,(H,20,21). The maximum Gasteiger partial charge on any atom is 0.308 e. The third-order valence-electron chi connectivity index (χ3n) is 3.79. The van der Waals surface area contributed by atoms with Crippen LogP contribution in [0.15, 0.2) is 10.8 Å². The van der Waals surface area contributed by atoms with Gasteiger partial charge in [0.05, 0.1) is 12.5 Å². The van der Waals surface area contributed by atoms with Crippen molar-refractivity contribution in [3.8, 4) is 0 Å². The minimum atomic E-state index is -0.889. The van der Waals surface area contributed by atoms with Gasteiger partial charge >= 0.3 is 5.97 Å². The lowest BCUT2D eigenvalue weighted by molar-refractivity contribution is -0.145. The molecule has 1 unspecified atom stereocenters. The van der Waals surface area contributed by atoms with Crippen molar-refractivity contribution < 1.29 is 23.9 Å². The van der Waals surface area contributed by atoms with Gasteiger partial charge in [-0.25, -0.2) is 4.98 Å². The van der Waals surface area contributed by atoms with Crippen molar-refractivity contribution in [2.75, 3.05) is 26.7 Å². The molecule has 1 aromatic rings. The Morgan fingerprint density at radius 1 is 1.50 bits per heavy atom. The van der Waals surface area contributed by atoms with E-state index in [-0.39, 0.29) is 24.7 Å². The van der Waals surface area contributed by atoms with Crippen LogP contribution in [0.4, 0.5) is 0 Å². The molecule has 1 N–H and O–H groups in total. The zero-order chi connectivity index (χ0) is 16.3. The number of carboxylic acids is 1. The second-order valence-corrected chi connectivity index (χ2v) is 5.44. The Bertz CT molecular complexity index is 583. The third-order valence-corrected chi connectivity index (χ3v) is 3.79. The smallest absolute Gasteiger partial charge is 0.308 e. The fourth-order valence-electron chi connectivity index (χ4n) is 2.47. The van der Waals surface area contributed by atoms with Gasteiger partial charge in [0.25, 0.3) is 5.91 Å². The Kier molecular flexibility index (Phi) is 4.79. The number of carboxylic acid groups (broad SMARTS) is 1. The molecule has 0 spiro atoms. The van der Waals surface area contributed by atoms with Crippen LogP contribution in [0.5, 0.6) is 0 Å². The van der Waals surface area contributed by atoms with Crippen LogP contribution >= 0.6 is 0 Å². The molecule has 120 valence electrons. The van der Waals surface area contributed by atoms with Crippen molar-refractivity contribution in [2.24, 2.45) is 5.92 Å². The van der Waals surface area contributed by atoms with E-state index >= 15 is 0 Å². The quantitative estimate of drug-likeness (QED) is 0.862. The second kappa shape index (κ2) is 6.59. The van der Waals surface area contributed by atoms with Crippen LogP contribution in [0.25, 0.3) is 0 Å². The Balaban J connectivity index is 1.95. The molecule has 0 saturated carbocycles. The average Bonchev–Trinajstić information content (AvgIpc) is 2.92. The van der Waals surface area contributed by atoms with Crippen molar-refractivity contribution in [1.29, 1.82) is 0 Å². The highest BCUT2D eigenvalue weighted by molar-refractivity contribution is 5.95. The van der Waals surface area contributed by atoms with Gasteiger partial charge in [-0.2, -0.15) is 0 Å².